The summed E-state index contributed by atoms with van der Waals surface area (Å²) in [6.45, 7) is 2.62. The molecule has 18 heavy (non-hydrogen) atoms. The zero-order chi connectivity index (χ0) is 13.4. The summed E-state index contributed by atoms with van der Waals surface area (Å²) in [5, 5.41) is 21.4. The maximum atomic E-state index is 9.98. The van der Waals surface area contributed by atoms with Crippen molar-refractivity contribution in [2.45, 2.75) is 26.2 Å². The molecular formula is C13H19NO4. The van der Waals surface area contributed by atoms with Gasteiger partial charge in [0.1, 0.15) is 0 Å². The molecule has 0 aliphatic heterocycles. The van der Waals surface area contributed by atoms with Gasteiger partial charge in [0, 0.05) is 5.56 Å². The maximum Gasteiger partial charge on any atom is 0.204 e. The van der Waals surface area contributed by atoms with Crippen molar-refractivity contribution in [3.8, 4) is 17.2 Å². The van der Waals surface area contributed by atoms with Gasteiger partial charge < -0.3 is 19.8 Å². The molecule has 1 aromatic rings. The van der Waals surface area contributed by atoms with E-state index in [-0.39, 0.29) is 11.5 Å². The van der Waals surface area contributed by atoms with Gasteiger partial charge in [-0.05, 0) is 18.6 Å². The van der Waals surface area contributed by atoms with Gasteiger partial charge in [0.15, 0.2) is 11.5 Å². The lowest BCUT2D eigenvalue weighted by Gasteiger charge is -2.13. The molecule has 100 valence electrons. The molecule has 0 aliphatic rings. The van der Waals surface area contributed by atoms with Gasteiger partial charge in [-0.1, -0.05) is 24.9 Å². The third-order valence-electron chi connectivity index (χ3n) is 2.54. The van der Waals surface area contributed by atoms with Gasteiger partial charge in [-0.15, -0.1) is 0 Å². The summed E-state index contributed by atoms with van der Waals surface area (Å²) in [6, 6.07) is 3.25. The molecule has 0 radical (unpaired) electrons. The van der Waals surface area contributed by atoms with Crippen LogP contribution in [0.25, 0.3) is 0 Å². The van der Waals surface area contributed by atoms with E-state index in [1.54, 1.807) is 12.1 Å². The molecule has 0 saturated carbocycles. The van der Waals surface area contributed by atoms with Crippen molar-refractivity contribution >= 4 is 6.21 Å². The predicted molar refractivity (Wildman–Crippen MR) is 69.1 cm³/mol. The van der Waals surface area contributed by atoms with Crippen molar-refractivity contribution in [3.05, 3.63) is 17.7 Å². The second kappa shape index (κ2) is 7.42. The summed E-state index contributed by atoms with van der Waals surface area (Å²) in [6.07, 6.45) is 4.23. The summed E-state index contributed by atoms with van der Waals surface area (Å²) in [5.41, 5.74) is 0.379. The molecule has 0 heterocycles. The zero-order valence-corrected chi connectivity index (χ0v) is 10.7. The fourth-order valence-corrected chi connectivity index (χ4v) is 1.56. The number of oxime groups is 1. The molecule has 1 rings (SSSR count). The van der Waals surface area contributed by atoms with E-state index in [0.717, 1.165) is 25.5 Å². The van der Waals surface area contributed by atoms with E-state index in [1.807, 2.05) is 0 Å². The van der Waals surface area contributed by atoms with Crippen molar-refractivity contribution in [1.29, 1.82) is 0 Å². The van der Waals surface area contributed by atoms with Crippen LogP contribution in [-0.2, 0) is 0 Å². The Kier molecular flexibility index (Phi) is 5.84. The first-order valence-corrected chi connectivity index (χ1v) is 5.94. The molecule has 2 N–H and O–H groups in total. The predicted octanol–water partition coefficient (Wildman–Crippen LogP) is 2.78. The normalized spacial score (nSPS) is 10.8. The van der Waals surface area contributed by atoms with E-state index in [1.165, 1.54) is 7.11 Å². The van der Waals surface area contributed by atoms with Crippen molar-refractivity contribution in [2.75, 3.05) is 13.7 Å². The zero-order valence-electron chi connectivity index (χ0n) is 10.7. The average molecular weight is 253 g/mol. The number of methoxy groups -OCH3 is 1. The Morgan fingerprint density at radius 2 is 2.11 bits per heavy atom. The van der Waals surface area contributed by atoms with Gasteiger partial charge in [-0.2, -0.15) is 0 Å². The Labute approximate surface area is 107 Å². The first-order chi connectivity index (χ1) is 8.74. The Bertz CT molecular complexity index is 404. The Morgan fingerprint density at radius 3 is 2.72 bits per heavy atom. The van der Waals surface area contributed by atoms with Crippen LogP contribution in [0.3, 0.4) is 0 Å². The van der Waals surface area contributed by atoms with Gasteiger partial charge in [-0.3, -0.25) is 0 Å². The minimum absolute atomic E-state index is 0.0800. The minimum Gasteiger partial charge on any atom is -0.504 e. The van der Waals surface area contributed by atoms with Crippen molar-refractivity contribution in [1.82, 2.24) is 0 Å². The standard InChI is InChI=1S/C13H19NO4/c1-3-4-5-8-18-13-11(17-2)7-6-10(9-14-16)12(13)15/h6-7,9,15-16H,3-5,8H2,1-2H3/b14-9-. The van der Waals surface area contributed by atoms with Crippen LogP contribution in [0.5, 0.6) is 17.2 Å². The number of benzene rings is 1. The van der Waals surface area contributed by atoms with Crippen LogP contribution in [0.15, 0.2) is 17.3 Å². The highest BCUT2D eigenvalue weighted by Crippen LogP contribution is 2.38. The van der Waals surface area contributed by atoms with Crippen LogP contribution in [0.2, 0.25) is 0 Å². The molecule has 0 fully saturated rings. The van der Waals surface area contributed by atoms with Crippen LogP contribution in [-0.4, -0.2) is 30.2 Å². The second-order valence-corrected chi connectivity index (χ2v) is 3.83. The smallest absolute Gasteiger partial charge is 0.204 e. The molecular weight excluding hydrogens is 234 g/mol. The maximum absolute atomic E-state index is 9.98. The number of phenolic OH excluding ortho intramolecular Hbond substituents is 1. The number of hydrogen-bond acceptors (Lipinski definition) is 5. The second-order valence-electron chi connectivity index (χ2n) is 3.83. The summed E-state index contributed by atoms with van der Waals surface area (Å²) in [4.78, 5) is 0. The van der Waals surface area contributed by atoms with Gasteiger partial charge in [0.05, 0.1) is 19.9 Å². The van der Waals surface area contributed by atoms with Crippen LogP contribution in [0, 0.1) is 0 Å². The molecule has 0 bridgehead atoms. The Morgan fingerprint density at radius 1 is 1.33 bits per heavy atom. The number of unbranched alkanes of at least 4 members (excludes halogenated alkanes) is 2. The highest BCUT2D eigenvalue weighted by atomic mass is 16.5. The largest absolute Gasteiger partial charge is 0.504 e. The van der Waals surface area contributed by atoms with Gasteiger partial charge >= 0.3 is 0 Å². The molecule has 0 amide bonds. The van der Waals surface area contributed by atoms with E-state index in [9.17, 15) is 5.11 Å². The molecule has 0 unspecified atom stereocenters. The average Bonchev–Trinajstić information content (AvgIpc) is 2.38. The van der Waals surface area contributed by atoms with Crippen LogP contribution < -0.4 is 9.47 Å². The summed E-state index contributed by atoms with van der Waals surface area (Å²) >= 11 is 0. The van der Waals surface area contributed by atoms with E-state index in [0.29, 0.717) is 17.9 Å². The molecule has 1 aromatic carbocycles. The summed E-state index contributed by atoms with van der Waals surface area (Å²) in [5.74, 6) is 0.661. The highest BCUT2D eigenvalue weighted by Gasteiger charge is 2.13. The van der Waals surface area contributed by atoms with E-state index < -0.39 is 0 Å². The third kappa shape index (κ3) is 3.55. The fraction of sp³-hybridized carbons (Fsp3) is 0.462. The van der Waals surface area contributed by atoms with Crippen LogP contribution in [0.1, 0.15) is 31.7 Å². The van der Waals surface area contributed by atoms with Crippen molar-refractivity contribution in [3.63, 3.8) is 0 Å². The lowest BCUT2D eigenvalue weighted by molar-refractivity contribution is 0.271. The number of hydrogen-bond donors (Lipinski definition) is 2. The molecule has 5 nitrogen and oxygen atoms in total. The first kappa shape index (κ1) is 14.2. The fourth-order valence-electron chi connectivity index (χ4n) is 1.56. The number of ether oxygens (including phenoxy) is 2. The number of nitrogens with zero attached hydrogens (tertiary/aromatic N) is 1. The van der Waals surface area contributed by atoms with E-state index >= 15 is 0 Å². The SMILES string of the molecule is CCCCCOc1c(OC)ccc(/C=N\O)c1O. The molecule has 5 heteroatoms. The molecule has 0 aromatic heterocycles. The molecule has 0 atom stereocenters. The van der Waals surface area contributed by atoms with Gasteiger partial charge in [0.2, 0.25) is 5.75 Å². The van der Waals surface area contributed by atoms with E-state index in [2.05, 4.69) is 12.1 Å². The number of phenols is 1. The minimum atomic E-state index is -0.0800. The molecule has 0 spiro atoms. The molecule has 0 saturated heterocycles. The quantitative estimate of drug-likeness (QED) is 0.339. The lowest BCUT2D eigenvalue weighted by atomic mass is 10.2. The van der Waals surface area contributed by atoms with Gasteiger partial charge in [0.25, 0.3) is 0 Å². The topological polar surface area (TPSA) is 71.3 Å². The van der Waals surface area contributed by atoms with E-state index in [4.69, 9.17) is 14.7 Å². The Hall–Kier alpha value is -1.91. The van der Waals surface area contributed by atoms with Crippen molar-refractivity contribution in [2.24, 2.45) is 5.16 Å². The number of aromatic hydroxyl groups is 1. The van der Waals surface area contributed by atoms with Gasteiger partial charge in [-0.25, -0.2) is 0 Å². The summed E-state index contributed by atoms with van der Waals surface area (Å²) < 4.78 is 10.7. The lowest BCUT2D eigenvalue weighted by Crippen LogP contribution is -2.01. The van der Waals surface area contributed by atoms with Crippen LogP contribution >= 0.6 is 0 Å². The Balaban J connectivity index is 2.87. The number of rotatable bonds is 7. The highest BCUT2D eigenvalue weighted by molar-refractivity contribution is 5.85. The monoisotopic (exact) mass is 253 g/mol. The molecule has 0 aliphatic carbocycles. The summed E-state index contributed by atoms with van der Waals surface area (Å²) in [7, 11) is 1.51. The third-order valence-corrected chi connectivity index (χ3v) is 2.54. The van der Waals surface area contributed by atoms with Crippen molar-refractivity contribution < 1.29 is 19.8 Å². The van der Waals surface area contributed by atoms with Crippen LogP contribution in [0.4, 0.5) is 0 Å². The first-order valence-electron chi connectivity index (χ1n) is 5.94.